The average molecular weight is 399 g/mol. The lowest BCUT2D eigenvalue weighted by Crippen LogP contribution is -2.42. The maximum atomic E-state index is 13.5. The summed E-state index contributed by atoms with van der Waals surface area (Å²) >= 11 is 0. The molecule has 0 radical (unpaired) electrons. The monoisotopic (exact) mass is 399 g/mol. The number of hydrogen-bond donors (Lipinski definition) is 1. The lowest BCUT2D eigenvalue weighted by atomic mass is 9.97. The van der Waals surface area contributed by atoms with E-state index in [-0.39, 0.29) is 22.8 Å². The number of amides is 1. The molecule has 1 aromatic carbocycles. The molecule has 6 nitrogen and oxygen atoms in total. The van der Waals surface area contributed by atoms with Gasteiger partial charge in [0.05, 0.1) is 11.9 Å². The molecule has 1 aliphatic heterocycles. The summed E-state index contributed by atoms with van der Waals surface area (Å²) in [5.41, 5.74) is 1.28. The minimum atomic E-state index is -2.74. The largest absolute Gasteiger partial charge is 0.338 e. The first-order chi connectivity index (χ1) is 14.1. The van der Waals surface area contributed by atoms with E-state index in [4.69, 9.17) is 0 Å². The van der Waals surface area contributed by atoms with Gasteiger partial charge in [0.15, 0.2) is 5.65 Å². The number of carbonyl (C=O) groups excluding carboxylic acids is 1. The van der Waals surface area contributed by atoms with Crippen LogP contribution in [0.5, 0.6) is 0 Å². The molecule has 0 bridgehead atoms. The molecule has 8 heteroatoms. The molecule has 3 heterocycles. The fraction of sp³-hybridized carbons (Fsp3) is 0.381. The molecule has 1 aliphatic rings. The van der Waals surface area contributed by atoms with Crippen molar-refractivity contribution in [3.63, 3.8) is 0 Å². The molecule has 29 heavy (non-hydrogen) atoms. The summed E-state index contributed by atoms with van der Waals surface area (Å²) in [5.74, 6) is 0.169. The van der Waals surface area contributed by atoms with Crippen molar-refractivity contribution in [3.05, 3.63) is 53.9 Å². The van der Waals surface area contributed by atoms with Gasteiger partial charge >= 0.3 is 0 Å². The first kappa shape index (κ1) is 19.4. The number of nitrogens with one attached hydrogen (secondary N) is 1. The summed E-state index contributed by atoms with van der Waals surface area (Å²) in [7, 11) is 1.90. The molecule has 152 valence electrons. The van der Waals surface area contributed by atoms with E-state index in [1.54, 1.807) is 4.90 Å². The van der Waals surface area contributed by atoms with E-state index in [0.29, 0.717) is 24.7 Å². The van der Waals surface area contributed by atoms with E-state index in [1.807, 2.05) is 37.4 Å². The number of piperidine rings is 1. The number of hydrogen-bond acceptors (Lipinski definition) is 4. The van der Waals surface area contributed by atoms with Crippen LogP contribution in [0.3, 0.4) is 0 Å². The first-order valence-electron chi connectivity index (χ1n) is 9.74. The predicted molar refractivity (Wildman–Crippen MR) is 106 cm³/mol. The van der Waals surface area contributed by atoms with Gasteiger partial charge in [0.25, 0.3) is 12.3 Å². The van der Waals surface area contributed by atoms with Crippen LogP contribution in [0, 0.1) is 5.92 Å². The lowest BCUT2D eigenvalue weighted by Gasteiger charge is -2.32. The standard InChI is InChI=1S/C21H23F2N5O/c1-24-11-14-6-5-9-27(13-14)21(29)16-12-25-28-18(15-7-3-2-4-8-15)10-17(19(22)23)26-20(16)28/h2-4,7-8,10,12,14,19,24H,5-6,9,11,13H2,1H3. The Balaban J connectivity index is 1.76. The van der Waals surface area contributed by atoms with Crippen LogP contribution in [0.15, 0.2) is 42.6 Å². The van der Waals surface area contributed by atoms with E-state index in [2.05, 4.69) is 15.4 Å². The molecule has 2 aromatic heterocycles. The zero-order valence-corrected chi connectivity index (χ0v) is 16.2. The molecule has 4 rings (SSSR count). The first-order valence-corrected chi connectivity index (χ1v) is 9.74. The highest BCUT2D eigenvalue weighted by molar-refractivity contribution is 6.00. The molecular formula is C21H23F2N5O. The fourth-order valence-corrected chi connectivity index (χ4v) is 3.93. The van der Waals surface area contributed by atoms with Crippen LogP contribution >= 0.6 is 0 Å². The SMILES string of the molecule is CNCC1CCCN(C(=O)c2cnn3c(-c4ccccc4)cc(C(F)F)nc23)C1. The van der Waals surface area contributed by atoms with Crippen molar-refractivity contribution in [1.29, 1.82) is 0 Å². The highest BCUT2D eigenvalue weighted by Gasteiger charge is 2.28. The van der Waals surface area contributed by atoms with Gasteiger partial charge in [0.2, 0.25) is 0 Å². The second-order valence-corrected chi connectivity index (χ2v) is 7.34. The molecule has 0 aliphatic carbocycles. The Labute approximate surface area is 167 Å². The van der Waals surface area contributed by atoms with Crippen molar-refractivity contribution < 1.29 is 13.6 Å². The summed E-state index contributed by atoms with van der Waals surface area (Å²) in [6, 6.07) is 10.5. The highest BCUT2D eigenvalue weighted by Crippen LogP contribution is 2.28. The normalized spacial score (nSPS) is 17.2. The van der Waals surface area contributed by atoms with Crippen LogP contribution in [0.25, 0.3) is 16.9 Å². The second-order valence-electron chi connectivity index (χ2n) is 7.34. The molecule has 1 fully saturated rings. The number of benzene rings is 1. The molecule has 1 N–H and O–H groups in total. The van der Waals surface area contributed by atoms with Crippen molar-refractivity contribution in [2.75, 3.05) is 26.7 Å². The Morgan fingerprint density at radius 3 is 2.83 bits per heavy atom. The second kappa shape index (κ2) is 8.24. The quantitative estimate of drug-likeness (QED) is 0.714. The topological polar surface area (TPSA) is 62.5 Å². The molecule has 1 atom stereocenters. The Hall–Kier alpha value is -2.87. The maximum Gasteiger partial charge on any atom is 0.280 e. The van der Waals surface area contributed by atoms with Gasteiger partial charge in [0, 0.05) is 18.7 Å². The van der Waals surface area contributed by atoms with Crippen LogP contribution in [-0.2, 0) is 0 Å². The number of alkyl halides is 2. The number of rotatable bonds is 5. The molecule has 1 saturated heterocycles. The lowest BCUT2D eigenvalue weighted by molar-refractivity contribution is 0.0676. The highest BCUT2D eigenvalue weighted by atomic mass is 19.3. The van der Waals surface area contributed by atoms with Gasteiger partial charge in [-0.3, -0.25) is 4.79 Å². The minimum absolute atomic E-state index is 0.169. The van der Waals surface area contributed by atoms with Gasteiger partial charge in [-0.25, -0.2) is 18.3 Å². The molecule has 0 saturated carbocycles. The van der Waals surface area contributed by atoms with Crippen LogP contribution in [-0.4, -0.2) is 52.1 Å². The Morgan fingerprint density at radius 1 is 1.31 bits per heavy atom. The van der Waals surface area contributed by atoms with E-state index >= 15 is 0 Å². The van der Waals surface area contributed by atoms with E-state index in [9.17, 15) is 13.6 Å². The summed E-state index contributed by atoms with van der Waals surface area (Å²) in [5, 5.41) is 7.47. The van der Waals surface area contributed by atoms with E-state index < -0.39 is 6.43 Å². The summed E-state index contributed by atoms with van der Waals surface area (Å²) in [4.78, 5) is 19.0. The van der Waals surface area contributed by atoms with Gasteiger partial charge < -0.3 is 10.2 Å². The maximum absolute atomic E-state index is 13.5. The zero-order chi connectivity index (χ0) is 20.4. The number of carbonyl (C=O) groups is 1. The number of nitrogens with zero attached hydrogens (tertiary/aromatic N) is 4. The van der Waals surface area contributed by atoms with Crippen LogP contribution in [0.2, 0.25) is 0 Å². The summed E-state index contributed by atoms with van der Waals surface area (Å²) < 4.78 is 28.5. The van der Waals surface area contributed by atoms with Gasteiger partial charge in [-0.1, -0.05) is 30.3 Å². The predicted octanol–water partition coefficient (Wildman–Crippen LogP) is 3.41. The zero-order valence-electron chi connectivity index (χ0n) is 16.2. The van der Waals surface area contributed by atoms with Crippen molar-refractivity contribution in [1.82, 2.24) is 24.8 Å². The summed E-state index contributed by atoms with van der Waals surface area (Å²) in [6.45, 7) is 2.12. The van der Waals surface area contributed by atoms with Crippen molar-refractivity contribution in [2.45, 2.75) is 19.3 Å². The molecular weight excluding hydrogens is 376 g/mol. The number of fused-ring (bicyclic) bond motifs is 1. The number of aromatic nitrogens is 3. The number of likely N-dealkylation sites (tertiary alicyclic amines) is 1. The third kappa shape index (κ3) is 3.85. The molecule has 3 aromatic rings. The third-order valence-electron chi connectivity index (χ3n) is 5.31. The van der Waals surface area contributed by atoms with Crippen LogP contribution in [0.1, 0.15) is 35.3 Å². The van der Waals surface area contributed by atoms with Crippen molar-refractivity contribution in [3.8, 4) is 11.3 Å². The Bertz CT molecular complexity index is 1000. The van der Waals surface area contributed by atoms with Gasteiger partial charge in [0.1, 0.15) is 11.3 Å². The summed E-state index contributed by atoms with van der Waals surface area (Å²) in [6.07, 6.45) is 0.678. The smallest absolute Gasteiger partial charge is 0.280 e. The van der Waals surface area contributed by atoms with Gasteiger partial charge in [-0.05, 0) is 38.4 Å². The molecule has 1 unspecified atom stereocenters. The molecule has 0 spiro atoms. The van der Waals surface area contributed by atoms with Gasteiger partial charge in [-0.15, -0.1) is 0 Å². The van der Waals surface area contributed by atoms with Gasteiger partial charge in [-0.2, -0.15) is 5.10 Å². The third-order valence-corrected chi connectivity index (χ3v) is 5.31. The van der Waals surface area contributed by atoms with Crippen LogP contribution < -0.4 is 5.32 Å². The van der Waals surface area contributed by atoms with E-state index in [0.717, 1.165) is 24.9 Å². The molecule has 1 amide bonds. The minimum Gasteiger partial charge on any atom is -0.338 e. The van der Waals surface area contributed by atoms with Crippen LogP contribution in [0.4, 0.5) is 8.78 Å². The average Bonchev–Trinajstić information content (AvgIpc) is 3.17. The fourth-order valence-electron chi connectivity index (χ4n) is 3.93. The Kier molecular flexibility index (Phi) is 5.53. The number of halogens is 2. The van der Waals surface area contributed by atoms with Crippen molar-refractivity contribution in [2.24, 2.45) is 5.92 Å². The Morgan fingerprint density at radius 2 is 2.10 bits per heavy atom. The van der Waals surface area contributed by atoms with E-state index in [1.165, 1.54) is 16.8 Å². The van der Waals surface area contributed by atoms with Crippen molar-refractivity contribution >= 4 is 11.6 Å².